The molecule has 0 aliphatic rings. The summed E-state index contributed by atoms with van der Waals surface area (Å²) >= 11 is 0. The van der Waals surface area contributed by atoms with Gasteiger partial charge < -0.3 is 25.8 Å². The first-order chi connectivity index (χ1) is 8.43. The van der Waals surface area contributed by atoms with Crippen molar-refractivity contribution in [2.75, 3.05) is 7.11 Å². The van der Waals surface area contributed by atoms with Crippen LogP contribution in [0.3, 0.4) is 0 Å². The summed E-state index contributed by atoms with van der Waals surface area (Å²) in [5, 5.41) is 28.9. The van der Waals surface area contributed by atoms with Crippen LogP contribution in [0.4, 0.5) is 0 Å². The number of hydrogen-bond acceptors (Lipinski definition) is 6. The van der Waals surface area contributed by atoms with E-state index in [9.17, 15) is 24.9 Å². The number of ether oxygens (including phenoxy) is 1. The highest BCUT2D eigenvalue weighted by Gasteiger charge is 2.29. The number of phenols is 1. The van der Waals surface area contributed by atoms with Crippen molar-refractivity contribution in [3.8, 4) is 11.5 Å². The Morgan fingerprint density at radius 1 is 1.44 bits per heavy atom. The lowest BCUT2D eigenvalue weighted by atomic mass is 9.97. The number of hydrogen-bond donors (Lipinski definition) is 4. The Kier molecular flexibility index (Phi) is 4.24. The fourth-order valence-corrected chi connectivity index (χ4v) is 1.50. The molecule has 0 aliphatic heterocycles. The van der Waals surface area contributed by atoms with Gasteiger partial charge in [0.1, 0.15) is 6.10 Å². The third-order valence-electron chi connectivity index (χ3n) is 2.45. The molecule has 0 aromatic heterocycles. The first kappa shape index (κ1) is 13.9. The van der Waals surface area contributed by atoms with Crippen molar-refractivity contribution in [1.82, 2.24) is 0 Å². The van der Waals surface area contributed by atoms with E-state index >= 15 is 0 Å². The summed E-state index contributed by atoms with van der Waals surface area (Å²) in [5.74, 6) is -1.72. The largest absolute Gasteiger partial charge is 0.504 e. The van der Waals surface area contributed by atoms with Gasteiger partial charge in [0.25, 0.3) is 0 Å². The second-order valence-corrected chi connectivity index (χ2v) is 3.53. The molecule has 7 nitrogen and oxygen atoms in total. The van der Waals surface area contributed by atoms with Crippen LogP contribution in [0.2, 0.25) is 0 Å². The molecule has 1 aromatic carbocycles. The van der Waals surface area contributed by atoms with E-state index in [1.165, 1.54) is 19.2 Å². The molecule has 0 saturated carbocycles. The lowest BCUT2D eigenvalue weighted by Crippen LogP contribution is -2.34. The van der Waals surface area contributed by atoms with Crippen LogP contribution < -0.4 is 10.5 Å². The molecule has 0 aliphatic carbocycles. The van der Waals surface area contributed by atoms with Crippen LogP contribution >= 0.6 is 0 Å². The smallest absolute Gasteiger partial charge is 0.249 e. The maximum absolute atomic E-state index is 10.8. The summed E-state index contributed by atoms with van der Waals surface area (Å²) < 4.78 is 4.80. The molecule has 0 heterocycles. The average molecular weight is 255 g/mol. The number of methoxy groups -OCH3 is 1. The molecule has 5 N–H and O–H groups in total. The van der Waals surface area contributed by atoms with Crippen LogP contribution in [0.15, 0.2) is 12.1 Å². The van der Waals surface area contributed by atoms with E-state index in [2.05, 4.69) is 0 Å². The van der Waals surface area contributed by atoms with Gasteiger partial charge in [0.05, 0.1) is 7.11 Å². The average Bonchev–Trinajstić information content (AvgIpc) is 2.36. The van der Waals surface area contributed by atoms with Crippen molar-refractivity contribution in [3.05, 3.63) is 23.3 Å². The molecule has 1 rings (SSSR count). The fourth-order valence-electron chi connectivity index (χ4n) is 1.50. The third kappa shape index (κ3) is 2.41. The fraction of sp³-hybridized carbons (Fsp3) is 0.273. The quantitative estimate of drug-likeness (QED) is 0.504. The van der Waals surface area contributed by atoms with Crippen molar-refractivity contribution in [3.63, 3.8) is 0 Å². The van der Waals surface area contributed by atoms with Gasteiger partial charge in [0, 0.05) is 11.1 Å². The third-order valence-corrected chi connectivity index (χ3v) is 2.45. The standard InChI is InChI=1S/C11H13NO6/c1-18-6-3-2-5(4-13)7(8(6)14)9(15)10(16)11(12)17/h2-4,9-10,14-16H,1H3,(H2,12,17). The summed E-state index contributed by atoms with van der Waals surface area (Å²) in [6.07, 6.45) is -3.40. The Hall–Kier alpha value is -2.12. The Bertz CT molecular complexity index is 473. The number of carbonyl (C=O) groups excluding carboxylic acids is 2. The molecule has 0 fully saturated rings. The SMILES string of the molecule is COc1ccc(C=O)c(C(O)C(O)C(N)=O)c1O. The molecule has 2 atom stereocenters. The van der Waals surface area contributed by atoms with Gasteiger partial charge in [-0.25, -0.2) is 0 Å². The van der Waals surface area contributed by atoms with E-state index in [4.69, 9.17) is 10.5 Å². The Labute approximate surface area is 102 Å². The van der Waals surface area contributed by atoms with E-state index in [1.807, 2.05) is 0 Å². The minimum Gasteiger partial charge on any atom is -0.504 e. The molecule has 0 spiro atoms. The van der Waals surface area contributed by atoms with Crippen LogP contribution in [0.25, 0.3) is 0 Å². The molecule has 98 valence electrons. The van der Waals surface area contributed by atoms with Gasteiger partial charge in [-0.1, -0.05) is 0 Å². The summed E-state index contributed by atoms with van der Waals surface area (Å²) in [4.78, 5) is 21.6. The molecule has 1 aromatic rings. The topological polar surface area (TPSA) is 130 Å². The van der Waals surface area contributed by atoms with Crippen molar-refractivity contribution in [2.45, 2.75) is 12.2 Å². The number of rotatable bonds is 5. The Morgan fingerprint density at radius 3 is 2.50 bits per heavy atom. The van der Waals surface area contributed by atoms with Crippen LogP contribution in [0.1, 0.15) is 22.0 Å². The van der Waals surface area contributed by atoms with Crippen LogP contribution in [0, 0.1) is 0 Å². The predicted molar refractivity (Wildman–Crippen MR) is 60.2 cm³/mol. The van der Waals surface area contributed by atoms with Crippen molar-refractivity contribution in [2.24, 2.45) is 5.73 Å². The zero-order valence-corrected chi connectivity index (χ0v) is 9.53. The highest BCUT2D eigenvalue weighted by atomic mass is 16.5. The normalized spacial score (nSPS) is 13.7. The number of phenolic OH excluding ortho intramolecular Hbond substituents is 1. The second-order valence-electron chi connectivity index (χ2n) is 3.53. The molecule has 0 bridgehead atoms. The van der Waals surface area contributed by atoms with Gasteiger partial charge in [-0.15, -0.1) is 0 Å². The number of aldehydes is 1. The predicted octanol–water partition coefficient (Wildman–Crippen LogP) is -0.907. The summed E-state index contributed by atoms with van der Waals surface area (Å²) in [7, 11) is 1.27. The van der Waals surface area contributed by atoms with Crippen LogP contribution in [-0.2, 0) is 4.79 Å². The highest BCUT2D eigenvalue weighted by Crippen LogP contribution is 2.36. The van der Waals surface area contributed by atoms with Crippen LogP contribution in [-0.4, -0.2) is 40.7 Å². The van der Waals surface area contributed by atoms with E-state index in [1.54, 1.807) is 0 Å². The minimum atomic E-state index is -1.94. The molecule has 0 saturated heterocycles. The zero-order valence-electron chi connectivity index (χ0n) is 9.53. The molecule has 7 heteroatoms. The summed E-state index contributed by atoms with van der Waals surface area (Å²) in [6, 6.07) is 2.59. The van der Waals surface area contributed by atoms with E-state index in [-0.39, 0.29) is 16.9 Å². The van der Waals surface area contributed by atoms with Gasteiger partial charge in [-0.2, -0.15) is 0 Å². The van der Waals surface area contributed by atoms with Crippen molar-refractivity contribution in [1.29, 1.82) is 0 Å². The Morgan fingerprint density at radius 2 is 2.06 bits per heavy atom. The van der Waals surface area contributed by atoms with Gasteiger partial charge >= 0.3 is 0 Å². The molecule has 2 unspecified atom stereocenters. The maximum atomic E-state index is 10.8. The molecular weight excluding hydrogens is 242 g/mol. The number of amides is 1. The second kappa shape index (κ2) is 5.48. The zero-order chi connectivity index (χ0) is 13.9. The molecule has 0 radical (unpaired) electrons. The summed E-state index contributed by atoms with van der Waals surface area (Å²) in [6.45, 7) is 0. The number of aromatic hydroxyl groups is 1. The lowest BCUT2D eigenvalue weighted by molar-refractivity contribution is -0.132. The first-order valence-electron chi connectivity index (χ1n) is 4.94. The molecule has 18 heavy (non-hydrogen) atoms. The van der Waals surface area contributed by atoms with E-state index in [0.29, 0.717) is 6.29 Å². The van der Waals surface area contributed by atoms with Crippen LogP contribution in [0.5, 0.6) is 11.5 Å². The van der Waals surface area contributed by atoms with E-state index in [0.717, 1.165) is 0 Å². The Balaban J connectivity index is 3.36. The lowest BCUT2D eigenvalue weighted by Gasteiger charge is -2.19. The van der Waals surface area contributed by atoms with Crippen molar-refractivity contribution >= 4 is 12.2 Å². The van der Waals surface area contributed by atoms with Gasteiger partial charge in [0.2, 0.25) is 5.91 Å². The summed E-state index contributed by atoms with van der Waals surface area (Å²) in [5.41, 5.74) is 4.44. The number of primary amides is 1. The maximum Gasteiger partial charge on any atom is 0.249 e. The van der Waals surface area contributed by atoms with Gasteiger partial charge in [-0.05, 0) is 12.1 Å². The molecular formula is C11H13NO6. The van der Waals surface area contributed by atoms with Gasteiger partial charge in [-0.3, -0.25) is 9.59 Å². The number of benzene rings is 1. The number of carbonyl (C=O) groups is 2. The number of aliphatic hydroxyl groups excluding tert-OH is 2. The first-order valence-corrected chi connectivity index (χ1v) is 4.94. The monoisotopic (exact) mass is 255 g/mol. The molecule has 1 amide bonds. The van der Waals surface area contributed by atoms with Crippen molar-refractivity contribution < 1.29 is 29.6 Å². The minimum absolute atomic E-state index is 0.00804. The number of aliphatic hydroxyl groups is 2. The number of nitrogens with two attached hydrogens (primary N) is 1. The van der Waals surface area contributed by atoms with E-state index < -0.39 is 23.9 Å². The highest BCUT2D eigenvalue weighted by molar-refractivity contribution is 5.83. The van der Waals surface area contributed by atoms with Gasteiger partial charge in [0.15, 0.2) is 23.9 Å².